The molecule has 0 radical (unpaired) electrons. The van der Waals surface area contributed by atoms with Crippen molar-refractivity contribution in [2.24, 2.45) is 4.99 Å². The van der Waals surface area contributed by atoms with Crippen LogP contribution in [0.25, 0.3) is 33.5 Å². The van der Waals surface area contributed by atoms with Gasteiger partial charge in [0.05, 0.1) is 29.2 Å². The third-order valence-corrected chi connectivity index (χ3v) is 11.7. The molecule has 8 rings (SSSR count). The van der Waals surface area contributed by atoms with Gasteiger partial charge in [-0.15, -0.1) is 0 Å². The molecule has 2 amide bonds. The van der Waals surface area contributed by atoms with Gasteiger partial charge in [0.2, 0.25) is 0 Å². The number of aliphatic imine (C=N–C) groups is 1. The Bertz CT molecular complexity index is 2270. The summed E-state index contributed by atoms with van der Waals surface area (Å²) < 4.78 is 24.8. The van der Waals surface area contributed by atoms with Crippen molar-refractivity contribution in [2.45, 2.75) is 150 Å². The van der Waals surface area contributed by atoms with E-state index >= 15 is 0 Å². The monoisotopic (exact) mass is 787 g/mol. The van der Waals surface area contributed by atoms with Crippen LogP contribution in [0.1, 0.15) is 136 Å². The van der Waals surface area contributed by atoms with Gasteiger partial charge < -0.3 is 23.9 Å². The van der Waals surface area contributed by atoms with E-state index in [0.717, 1.165) is 116 Å². The van der Waals surface area contributed by atoms with Gasteiger partial charge in [0.1, 0.15) is 41.7 Å². The fourth-order valence-electron chi connectivity index (χ4n) is 9.17. The molecule has 6 heterocycles. The second-order valence-corrected chi connectivity index (χ2v) is 18.8. The summed E-state index contributed by atoms with van der Waals surface area (Å²) in [7, 11) is 0. The Morgan fingerprint density at radius 3 is 1.81 bits per heavy atom. The molecule has 1 aromatic heterocycles. The van der Waals surface area contributed by atoms with E-state index in [9.17, 15) is 9.59 Å². The Labute approximate surface area is 342 Å². The van der Waals surface area contributed by atoms with Crippen LogP contribution < -0.4 is 9.47 Å². The maximum absolute atomic E-state index is 13.4. The zero-order chi connectivity index (χ0) is 41.6. The molecule has 58 heavy (non-hydrogen) atoms. The van der Waals surface area contributed by atoms with Gasteiger partial charge in [-0.3, -0.25) is 14.8 Å². The lowest BCUT2D eigenvalue weighted by molar-refractivity contribution is 0.0149. The van der Waals surface area contributed by atoms with Crippen LogP contribution in [-0.4, -0.2) is 67.0 Å². The van der Waals surface area contributed by atoms with Gasteiger partial charge >= 0.3 is 12.2 Å². The van der Waals surface area contributed by atoms with E-state index in [4.69, 9.17) is 28.9 Å². The zero-order valence-corrected chi connectivity index (χ0v) is 35.7. The minimum absolute atomic E-state index is 0.0211. The van der Waals surface area contributed by atoms with E-state index in [1.807, 2.05) is 65.2 Å². The molecule has 11 heteroatoms. The minimum Gasteiger partial charge on any atom is -0.488 e. The first-order valence-electron chi connectivity index (χ1n) is 20.6. The average molecular weight is 788 g/mol. The number of aromatic amines is 1. The number of nitrogens with zero attached hydrogens (tertiary/aromatic N) is 4. The Kier molecular flexibility index (Phi) is 9.67. The second kappa shape index (κ2) is 14.2. The standard InChI is InChI=1S/C47H57N5O6/c1-24(2)40-32(21-33(48-40)34-15-13-26(5)51(34)44(53)57-46(7,8)9)28-17-30-22-56-37-20-29(18-31-23-55-36(19-28)38(30)39(31)37)42-41(25(3)4)49-43(50-42)35-16-14-27(6)52(35)45(54)58-47(10,11)12/h17-20,26-27,34-35H,1,3,13-16,21-23H2,2,4-12H3,(H,49,50)/t26-,27-,34-,35-/m0/s1. The highest BCUT2D eigenvalue weighted by molar-refractivity contribution is 6.05. The molecule has 5 aliphatic heterocycles. The lowest BCUT2D eigenvalue weighted by Gasteiger charge is -2.32. The number of imidazole rings is 1. The molecule has 5 aliphatic rings. The summed E-state index contributed by atoms with van der Waals surface area (Å²) >= 11 is 0. The van der Waals surface area contributed by atoms with Crippen molar-refractivity contribution >= 4 is 29.0 Å². The molecule has 2 aromatic carbocycles. The Morgan fingerprint density at radius 1 is 0.759 bits per heavy atom. The molecule has 3 aromatic rings. The van der Waals surface area contributed by atoms with E-state index < -0.39 is 11.2 Å². The number of carbonyl (C=O) groups excluding carboxylic acids is 2. The van der Waals surface area contributed by atoms with Crippen LogP contribution >= 0.6 is 0 Å². The third kappa shape index (κ3) is 7.11. The lowest BCUT2D eigenvalue weighted by Crippen LogP contribution is -2.46. The van der Waals surface area contributed by atoms with Crippen LogP contribution in [0, 0.1) is 0 Å². The maximum Gasteiger partial charge on any atom is 0.411 e. The zero-order valence-electron chi connectivity index (χ0n) is 35.7. The highest BCUT2D eigenvalue weighted by Gasteiger charge is 2.43. The number of allylic oxidation sites excluding steroid dienone is 3. The molecular formula is C47H57N5O6. The number of nitrogens with one attached hydrogen (secondary N) is 1. The van der Waals surface area contributed by atoms with Crippen molar-refractivity contribution in [3.8, 4) is 33.9 Å². The summed E-state index contributed by atoms with van der Waals surface area (Å²) in [4.78, 5) is 44.3. The summed E-state index contributed by atoms with van der Waals surface area (Å²) in [6, 6.07) is 8.25. The number of rotatable bonds is 6. The van der Waals surface area contributed by atoms with E-state index in [-0.39, 0.29) is 36.4 Å². The summed E-state index contributed by atoms with van der Waals surface area (Å²) in [5.41, 5.74) is 11.1. The molecular weight excluding hydrogens is 731 g/mol. The van der Waals surface area contributed by atoms with Gasteiger partial charge in [0, 0.05) is 52.0 Å². The second-order valence-electron chi connectivity index (χ2n) is 18.8. The van der Waals surface area contributed by atoms with Gasteiger partial charge in [0.15, 0.2) is 0 Å². The number of carbonyl (C=O) groups is 2. The quantitative estimate of drug-likeness (QED) is 0.264. The molecule has 0 aliphatic carbocycles. The minimum atomic E-state index is -0.603. The highest BCUT2D eigenvalue weighted by atomic mass is 16.6. The first-order chi connectivity index (χ1) is 27.3. The number of hydrogen-bond acceptors (Lipinski definition) is 8. The number of likely N-dealkylation sites (tertiary alicyclic amines) is 2. The fraction of sp³-hybridized carbons (Fsp3) is 0.489. The summed E-state index contributed by atoms with van der Waals surface area (Å²) in [6.45, 7) is 28.7. The van der Waals surface area contributed by atoms with E-state index in [0.29, 0.717) is 19.6 Å². The fourth-order valence-corrected chi connectivity index (χ4v) is 9.17. The van der Waals surface area contributed by atoms with Gasteiger partial charge in [-0.25, -0.2) is 14.6 Å². The first kappa shape index (κ1) is 39.5. The molecule has 0 spiro atoms. The number of benzene rings is 2. The number of H-pyrrole nitrogens is 1. The maximum atomic E-state index is 13.4. The van der Waals surface area contributed by atoms with E-state index in [2.05, 4.69) is 56.3 Å². The van der Waals surface area contributed by atoms with Gasteiger partial charge in [0.25, 0.3) is 0 Å². The molecule has 11 nitrogen and oxygen atoms in total. The number of hydrogen-bond donors (Lipinski definition) is 1. The predicted octanol–water partition coefficient (Wildman–Crippen LogP) is 10.9. The first-order valence-corrected chi connectivity index (χ1v) is 20.6. The van der Waals surface area contributed by atoms with Crippen molar-refractivity contribution in [1.82, 2.24) is 19.8 Å². The van der Waals surface area contributed by atoms with Crippen LogP contribution in [-0.2, 0) is 22.7 Å². The van der Waals surface area contributed by atoms with Crippen LogP contribution in [0.4, 0.5) is 9.59 Å². The van der Waals surface area contributed by atoms with Crippen molar-refractivity contribution in [1.29, 1.82) is 0 Å². The van der Waals surface area contributed by atoms with Crippen LogP contribution in [0.3, 0.4) is 0 Å². The van der Waals surface area contributed by atoms with E-state index in [1.165, 1.54) is 0 Å². The number of aromatic nitrogens is 2. The molecule has 0 bridgehead atoms. The van der Waals surface area contributed by atoms with Gasteiger partial charge in [-0.1, -0.05) is 13.2 Å². The highest BCUT2D eigenvalue weighted by Crippen LogP contribution is 2.52. The van der Waals surface area contributed by atoms with Gasteiger partial charge in [-0.05, 0) is 141 Å². The van der Waals surface area contributed by atoms with Crippen molar-refractivity contribution < 1.29 is 28.5 Å². The Morgan fingerprint density at radius 2 is 1.28 bits per heavy atom. The van der Waals surface area contributed by atoms with Crippen molar-refractivity contribution in [3.05, 3.63) is 76.9 Å². The topological polar surface area (TPSA) is 119 Å². The number of ether oxygens (including phenoxy) is 4. The average Bonchev–Trinajstić information content (AvgIpc) is 3.93. The lowest BCUT2D eigenvalue weighted by atomic mass is 9.85. The number of amides is 2. The third-order valence-electron chi connectivity index (χ3n) is 11.7. The Hall–Kier alpha value is -5.32. The smallest absolute Gasteiger partial charge is 0.411 e. The van der Waals surface area contributed by atoms with Crippen molar-refractivity contribution in [2.75, 3.05) is 0 Å². The summed E-state index contributed by atoms with van der Waals surface area (Å²) in [6.07, 6.45) is 3.33. The molecule has 1 N–H and O–H groups in total. The Balaban J connectivity index is 1.10. The normalized spacial score (nSPS) is 22.3. The largest absolute Gasteiger partial charge is 0.488 e. The van der Waals surface area contributed by atoms with Crippen molar-refractivity contribution in [3.63, 3.8) is 0 Å². The van der Waals surface area contributed by atoms with Crippen LogP contribution in [0.5, 0.6) is 11.5 Å². The molecule has 306 valence electrons. The van der Waals surface area contributed by atoms with Gasteiger partial charge in [-0.2, -0.15) is 0 Å². The summed E-state index contributed by atoms with van der Waals surface area (Å²) in [5.74, 6) is 2.32. The molecule has 0 unspecified atom stereocenters. The van der Waals surface area contributed by atoms with Crippen LogP contribution in [0.15, 0.2) is 53.7 Å². The predicted molar refractivity (Wildman–Crippen MR) is 227 cm³/mol. The SMILES string of the molecule is C=C(C)C1=C(c2cc3c4c(c2)OCc2cc(-c5[nH]c([C@@H]6CC[C@H](C)N6C(=O)OC(C)(C)C)nc5C(=C)C)cc(c2-4)OC3)CC([C@@H]2CC[C@H](C)N2C(=O)OC(C)(C)C)=N1. The molecule has 4 atom stereocenters. The molecule has 2 fully saturated rings. The molecule has 0 saturated carbocycles. The molecule has 2 saturated heterocycles. The summed E-state index contributed by atoms with van der Waals surface area (Å²) in [5, 5.41) is 0. The van der Waals surface area contributed by atoms with Crippen LogP contribution in [0.2, 0.25) is 0 Å². The van der Waals surface area contributed by atoms with E-state index in [1.54, 1.807) is 0 Å².